The van der Waals surface area contributed by atoms with E-state index in [0.717, 1.165) is 0 Å². The summed E-state index contributed by atoms with van der Waals surface area (Å²) < 4.78 is 9.87. The van der Waals surface area contributed by atoms with Crippen LogP contribution in [0.25, 0.3) is 0 Å². The standard InChI is InChI=1S/C5H12BO2S/c1-6-5(8-3)9-4-7-2/h5H,4H2,1-3H3. The highest BCUT2D eigenvalue weighted by molar-refractivity contribution is 8.00. The minimum Gasteiger partial charge on any atom is -0.380 e. The molecule has 1 unspecified atom stereocenters. The zero-order valence-corrected chi connectivity index (χ0v) is 6.90. The summed E-state index contributed by atoms with van der Waals surface area (Å²) in [6.07, 6.45) is 0. The summed E-state index contributed by atoms with van der Waals surface area (Å²) >= 11 is 1.62. The molecule has 1 atom stereocenters. The van der Waals surface area contributed by atoms with Crippen LogP contribution in [0.4, 0.5) is 0 Å². The Bertz CT molecular complexity index is 58.9. The Balaban J connectivity index is 3.09. The molecule has 0 N–H and O–H groups in total. The monoisotopic (exact) mass is 147 g/mol. The first kappa shape index (κ1) is 9.33. The van der Waals surface area contributed by atoms with Crippen molar-refractivity contribution in [1.29, 1.82) is 0 Å². The van der Waals surface area contributed by atoms with Crippen LogP contribution in [0, 0.1) is 0 Å². The lowest BCUT2D eigenvalue weighted by Crippen LogP contribution is -2.12. The summed E-state index contributed by atoms with van der Waals surface area (Å²) in [4.78, 5) is 0. The molecule has 0 aromatic heterocycles. The van der Waals surface area contributed by atoms with Gasteiger partial charge >= 0.3 is 0 Å². The topological polar surface area (TPSA) is 18.5 Å². The van der Waals surface area contributed by atoms with E-state index in [9.17, 15) is 0 Å². The fraction of sp³-hybridized carbons (Fsp3) is 1.00. The van der Waals surface area contributed by atoms with E-state index in [1.807, 2.05) is 14.1 Å². The van der Waals surface area contributed by atoms with Crippen LogP contribution in [0.15, 0.2) is 0 Å². The normalized spacial score (nSPS) is 13.2. The van der Waals surface area contributed by atoms with Gasteiger partial charge in [-0.05, 0) is 0 Å². The van der Waals surface area contributed by atoms with Crippen molar-refractivity contribution in [2.45, 2.75) is 12.2 Å². The fourth-order valence-corrected chi connectivity index (χ4v) is 1.03. The van der Waals surface area contributed by atoms with Crippen LogP contribution in [-0.4, -0.2) is 32.8 Å². The third-order valence-electron chi connectivity index (χ3n) is 0.855. The molecule has 0 aliphatic heterocycles. The Morgan fingerprint density at radius 2 is 2.22 bits per heavy atom. The van der Waals surface area contributed by atoms with Gasteiger partial charge < -0.3 is 9.47 Å². The van der Waals surface area contributed by atoms with Gasteiger partial charge in [-0.25, -0.2) is 0 Å². The van der Waals surface area contributed by atoms with E-state index in [1.54, 1.807) is 26.0 Å². The smallest absolute Gasteiger partial charge is 0.160 e. The van der Waals surface area contributed by atoms with Crippen molar-refractivity contribution < 1.29 is 9.47 Å². The molecule has 0 aromatic rings. The van der Waals surface area contributed by atoms with Gasteiger partial charge in [0, 0.05) is 14.2 Å². The maximum atomic E-state index is 5.03. The number of hydrogen-bond acceptors (Lipinski definition) is 3. The highest BCUT2D eigenvalue weighted by Gasteiger charge is 2.03. The molecule has 0 spiro atoms. The van der Waals surface area contributed by atoms with Crippen molar-refractivity contribution in [3.8, 4) is 0 Å². The largest absolute Gasteiger partial charge is 0.380 e. The second kappa shape index (κ2) is 6.45. The molecule has 0 aromatic carbocycles. The van der Waals surface area contributed by atoms with Gasteiger partial charge in [-0.15, -0.1) is 11.8 Å². The lowest BCUT2D eigenvalue weighted by molar-refractivity contribution is 0.219. The molecule has 2 nitrogen and oxygen atoms in total. The molecule has 0 heterocycles. The Morgan fingerprint density at radius 3 is 2.56 bits per heavy atom. The molecule has 1 radical (unpaired) electrons. The molecule has 0 aliphatic rings. The number of methoxy groups -OCH3 is 2. The summed E-state index contributed by atoms with van der Waals surface area (Å²) in [6, 6.07) is 0. The average molecular weight is 147 g/mol. The van der Waals surface area contributed by atoms with E-state index in [-0.39, 0.29) is 5.34 Å². The maximum absolute atomic E-state index is 5.03. The third-order valence-corrected chi connectivity index (χ3v) is 2.02. The molecular weight excluding hydrogens is 135 g/mol. The van der Waals surface area contributed by atoms with Crippen LogP contribution in [0.2, 0.25) is 6.82 Å². The molecule has 9 heavy (non-hydrogen) atoms. The van der Waals surface area contributed by atoms with Crippen molar-refractivity contribution in [2.24, 2.45) is 0 Å². The zero-order chi connectivity index (χ0) is 7.11. The number of rotatable bonds is 5. The van der Waals surface area contributed by atoms with Crippen LogP contribution >= 0.6 is 11.8 Å². The van der Waals surface area contributed by atoms with E-state index in [0.29, 0.717) is 5.94 Å². The van der Waals surface area contributed by atoms with Crippen LogP contribution in [0.3, 0.4) is 0 Å². The van der Waals surface area contributed by atoms with Gasteiger partial charge in [-0.3, -0.25) is 0 Å². The predicted octanol–water partition coefficient (Wildman–Crippen LogP) is 1.01. The zero-order valence-electron chi connectivity index (χ0n) is 6.09. The maximum Gasteiger partial charge on any atom is 0.160 e. The van der Waals surface area contributed by atoms with Crippen LogP contribution < -0.4 is 0 Å². The van der Waals surface area contributed by atoms with Gasteiger partial charge in [0.25, 0.3) is 0 Å². The SMILES string of the molecule is C[B]C(OC)SCOC. The van der Waals surface area contributed by atoms with E-state index in [4.69, 9.17) is 9.47 Å². The number of thioether (sulfide) groups is 1. The average Bonchev–Trinajstić information content (AvgIpc) is 1.91. The molecule has 0 saturated carbocycles. The van der Waals surface area contributed by atoms with Crippen LogP contribution in [0.1, 0.15) is 0 Å². The first-order valence-electron chi connectivity index (χ1n) is 2.78. The molecule has 0 amide bonds. The van der Waals surface area contributed by atoms with Crippen molar-refractivity contribution in [3.05, 3.63) is 0 Å². The van der Waals surface area contributed by atoms with E-state index in [2.05, 4.69) is 0 Å². The van der Waals surface area contributed by atoms with E-state index >= 15 is 0 Å². The summed E-state index contributed by atoms with van der Waals surface area (Å²) in [5.74, 6) is 0.683. The molecule has 53 valence electrons. The fourth-order valence-electron chi connectivity index (χ4n) is 0.435. The summed E-state index contributed by atoms with van der Waals surface area (Å²) in [5, 5.41) is 0.171. The van der Waals surface area contributed by atoms with Crippen LogP contribution in [-0.2, 0) is 9.47 Å². The molecule has 4 heteroatoms. The highest BCUT2D eigenvalue weighted by atomic mass is 32.2. The molecule has 0 bridgehead atoms. The molecule has 0 rings (SSSR count). The quantitative estimate of drug-likeness (QED) is 0.427. The molecule has 0 saturated heterocycles. The van der Waals surface area contributed by atoms with E-state index < -0.39 is 0 Å². The Morgan fingerprint density at radius 1 is 1.56 bits per heavy atom. The minimum absolute atomic E-state index is 0.171. The lowest BCUT2D eigenvalue weighted by Gasteiger charge is -2.09. The van der Waals surface area contributed by atoms with E-state index in [1.165, 1.54) is 0 Å². The third kappa shape index (κ3) is 4.81. The highest BCUT2D eigenvalue weighted by Crippen LogP contribution is 2.09. The summed E-state index contributed by atoms with van der Waals surface area (Å²) in [7, 11) is 5.35. The first-order valence-corrected chi connectivity index (χ1v) is 3.82. The van der Waals surface area contributed by atoms with Gasteiger partial charge in [-0.1, -0.05) is 6.82 Å². The summed E-state index contributed by atoms with van der Waals surface area (Å²) in [5.41, 5.74) is 0. The second-order valence-corrected chi connectivity index (χ2v) is 2.54. The van der Waals surface area contributed by atoms with Gasteiger partial charge in [0.15, 0.2) is 7.28 Å². The minimum atomic E-state index is 0.171. The van der Waals surface area contributed by atoms with Crippen molar-refractivity contribution >= 4 is 19.0 Å². The number of ether oxygens (including phenoxy) is 2. The van der Waals surface area contributed by atoms with Gasteiger partial charge in [0.2, 0.25) is 0 Å². The van der Waals surface area contributed by atoms with Crippen LogP contribution in [0.5, 0.6) is 0 Å². The Labute approximate surface area is 61.5 Å². The predicted molar refractivity (Wildman–Crippen MR) is 41.9 cm³/mol. The molecule has 0 aliphatic carbocycles. The van der Waals surface area contributed by atoms with Gasteiger partial charge in [-0.2, -0.15) is 0 Å². The van der Waals surface area contributed by atoms with Crippen molar-refractivity contribution in [3.63, 3.8) is 0 Å². The lowest BCUT2D eigenvalue weighted by atomic mass is 9.84. The second-order valence-electron chi connectivity index (χ2n) is 1.51. The molecular formula is C5H12BO2S. The van der Waals surface area contributed by atoms with Crippen molar-refractivity contribution in [1.82, 2.24) is 0 Å². The molecule has 0 fully saturated rings. The first-order chi connectivity index (χ1) is 4.35. The van der Waals surface area contributed by atoms with Crippen molar-refractivity contribution in [2.75, 3.05) is 20.2 Å². The summed E-state index contributed by atoms with van der Waals surface area (Å²) in [6.45, 7) is 1.97. The van der Waals surface area contributed by atoms with Gasteiger partial charge in [0.1, 0.15) is 0 Å². The Kier molecular flexibility index (Phi) is 6.70. The van der Waals surface area contributed by atoms with Gasteiger partial charge in [0.05, 0.1) is 11.3 Å². The number of hydrogen-bond donors (Lipinski definition) is 0. The Hall–Kier alpha value is 0.335.